The van der Waals surface area contributed by atoms with Gasteiger partial charge in [0, 0.05) is 17.0 Å². The van der Waals surface area contributed by atoms with Crippen LogP contribution >= 0.6 is 24.4 Å². The second kappa shape index (κ2) is 6.80. The maximum absolute atomic E-state index is 11.6. The summed E-state index contributed by atoms with van der Waals surface area (Å²) in [7, 11) is 0. The van der Waals surface area contributed by atoms with Gasteiger partial charge in [0.2, 0.25) is 0 Å². The van der Waals surface area contributed by atoms with E-state index in [-0.39, 0.29) is 5.91 Å². The predicted octanol–water partition coefficient (Wildman–Crippen LogP) is 2.46. The van der Waals surface area contributed by atoms with Crippen molar-refractivity contribution in [3.8, 4) is 0 Å². The third kappa shape index (κ3) is 4.62. The van der Waals surface area contributed by atoms with E-state index >= 15 is 0 Å². The lowest BCUT2D eigenvalue weighted by molar-refractivity contribution is 0.0953. The van der Waals surface area contributed by atoms with Gasteiger partial charge in [0.25, 0.3) is 5.91 Å². The first-order chi connectivity index (χ1) is 7.24. The van der Waals surface area contributed by atoms with Crippen LogP contribution < -0.4 is 5.32 Å². The molecule has 0 aliphatic heterocycles. The lowest BCUT2D eigenvalue weighted by atomic mass is 10.2. The van der Waals surface area contributed by atoms with Crippen LogP contribution in [0, 0.1) is 0 Å². The zero-order chi connectivity index (χ0) is 11.1. The van der Waals surface area contributed by atoms with Crippen molar-refractivity contribution in [3.05, 3.63) is 29.8 Å². The molecule has 15 heavy (non-hydrogen) atoms. The Morgan fingerprint density at radius 2 is 2.33 bits per heavy atom. The minimum atomic E-state index is -0.0213. The largest absolute Gasteiger partial charge is 0.352 e. The second-order valence-electron chi connectivity index (χ2n) is 3.15. The van der Waals surface area contributed by atoms with Crippen LogP contribution in [0.3, 0.4) is 0 Å². The van der Waals surface area contributed by atoms with Crippen LogP contribution in [0.4, 0.5) is 0 Å². The van der Waals surface area contributed by atoms with E-state index in [1.807, 2.05) is 12.1 Å². The van der Waals surface area contributed by atoms with Gasteiger partial charge < -0.3 is 5.32 Å². The van der Waals surface area contributed by atoms with E-state index in [4.69, 9.17) is 0 Å². The van der Waals surface area contributed by atoms with Crippen LogP contribution in [-0.2, 0) is 0 Å². The highest BCUT2D eigenvalue weighted by Gasteiger charge is 2.03. The molecule has 2 nitrogen and oxygen atoms in total. The molecule has 1 N–H and O–H groups in total. The maximum Gasteiger partial charge on any atom is 0.251 e. The Morgan fingerprint density at radius 1 is 1.53 bits per heavy atom. The molecule has 0 spiro atoms. The fraction of sp³-hybridized carbons (Fsp3) is 0.364. The summed E-state index contributed by atoms with van der Waals surface area (Å²) in [6.45, 7) is 0.733. The van der Waals surface area contributed by atoms with E-state index in [0.717, 1.165) is 23.6 Å². The molecular weight excluding hydrogens is 226 g/mol. The first-order valence-electron chi connectivity index (χ1n) is 4.80. The Balaban J connectivity index is 2.40. The maximum atomic E-state index is 11.6. The van der Waals surface area contributed by atoms with Gasteiger partial charge in [0.15, 0.2) is 0 Å². The van der Waals surface area contributed by atoms with Crippen molar-refractivity contribution in [2.45, 2.75) is 11.3 Å². The average molecular weight is 241 g/mol. The number of thiol groups is 1. The van der Waals surface area contributed by atoms with E-state index in [1.165, 1.54) is 0 Å². The van der Waals surface area contributed by atoms with E-state index in [2.05, 4.69) is 24.2 Å². The standard InChI is InChI=1S/C11H15NOS2/c1-15-7-3-6-12-11(13)9-4-2-5-10(14)8-9/h2,4-5,8,14H,3,6-7H2,1H3,(H,12,13). The SMILES string of the molecule is CSCCCNC(=O)c1cccc(S)c1. The van der Waals surface area contributed by atoms with Gasteiger partial charge in [-0.15, -0.1) is 12.6 Å². The van der Waals surface area contributed by atoms with Crippen molar-refractivity contribution >= 4 is 30.3 Å². The Labute approximate surface area is 100 Å². The lowest BCUT2D eigenvalue weighted by Gasteiger charge is -2.04. The molecular formula is C11H15NOS2. The molecule has 1 amide bonds. The number of carbonyl (C=O) groups excluding carboxylic acids is 1. The number of benzene rings is 1. The molecule has 0 saturated heterocycles. The fourth-order valence-corrected chi connectivity index (χ4v) is 1.83. The van der Waals surface area contributed by atoms with Gasteiger partial charge in [0.05, 0.1) is 0 Å². The first kappa shape index (κ1) is 12.5. The average Bonchev–Trinajstić information content (AvgIpc) is 2.24. The molecule has 0 unspecified atom stereocenters. The number of carbonyl (C=O) groups is 1. The van der Waals surface area contributed by atoms with Crippen molar-refractivity contribution in [1.82, 2.24) is 5.32 Å². The molecule has 0 aliphatic rings. The summed E-state index contributed by atoms with van der Waals surface area (Å²) < 4.78 is 0. The first-order valence-corrected chi connectivity index (χ1v) is 6.64. The van der Waals surface area contributed by atoms with Crippen molar-refractivity contribution in [1.29, 1.82) is 0 Å². The van der Waals surface area contributed by atoms with Crippen molar-refractivity contribution in [2.75, 3.05) is 18.6 Å². The summed E-state index contributed by atoms with van der Waals surface area (Å²) in [6.07, 6.45) is 3.07. The van der Waals surface area contributed by atoms with Gasteiger partial charge in [-0.2, -0.15) is 11.8 Å². The monoisotopic (exact) mass is 241 g/mol. The highest BCUT2D eigenvalue weighted by Crippen LogP contribution is 2.08. The Morgan fingerprint density at radius 3 is 3.00 bits per heavy atom. The summed E-state index contributed by atoms with van der Waals surface area (Å²) in [4.78, 5) is 12.4. The zero-order valence-electron chi connectivity index (χ0n) is 8.69. The molecule has 0 aromatic heterocycles. The second-order valence-corrected chi connectivity index (χ2v) is 4.65. The number of rotatable bonds is 5. The number of amides is 1. The van der Waals surface area contributed by atoms with E-state index in [1.54, 1.807) is 23.9 Å². The van der Waals surface area contributed by atoms with Gasteiger partial charge >= 0.3 is 0 Å². The third-order valence-corrected chi connectivity index (χ3v) is 2.89. The normalized spacial score (nSPS) is 10.0. The Hall–Kier alpha value is -0.610. The summed E-state index contributed by atoms with van der Waals surface area (Å²) in [6, 6.07) is 7.25. The molecule has 1 aromatic carbocycles. The minimum Gasteiger partial charge on any atom is -0.352 e. The molecule has 0 bridgehead atoms. The smallest absolute Gasteiger partial charge is 0.251 e. The molecule has 0 aliphatic carbocycles. The fourth-order valence-electron chi connectivity index (χ4n) is 1.17. The van der Waals surface area contributed by atoms with Gasteiger partial charge in [0.1, 0.15) is 0 Å². The predicted molar refractivity (Wildman–Crippen MR) is 69.0 cm³/mol. The van der Waals surface area contributed by atoms with Crippen molar-refractivity contribution in [2.24, 2.45) is 0 Å². The summed E-state index contributed by atoms with van der Waals surface area (Å²) in [5.74, 6) is 1.05. The Kier molecular flexibility index (Phi) is 5.65. The molecule has 0 saturated carbocycles. The summed E-state index contributed by atoms with van der Waals surface area (Å²) in [5, 5.41) is 2.87. The summed E-state index contributed by atoms with van der Waals surface area (Å²) >= 11 is 5.98. The van der Waals surface area contributed by atoms with Crippen LogP contribution in [0.2, 0.25) is 0 Å². The van der Waals surface area contributed by atoms with Gasteiger partial charge in [-0.25, -0.2) is 0 Å². The summed E-state index contributed by atoms with van der Waals surface area (Å²) in [5.41, 5.74) is 0.673. The van der Waals surface area contributed by atoms with Gasteiger partial charge in [-0.1, -0.05) is 6.07 Å². The number of nitrogens with one attached hydrogen (secondary N) is 1. The molecule has 0 atom stereocenters. The molecule has 82 valence electrons. The van der Waals surface area contributed by atoms with Gasteiger partial charge in [-0.05, 0) is 36.6 Å². The lowest BCUT2D eigenvalue weighted by Crippen LogP contribution is -2.24. The van der Waals surface area contributed by atoms with Crippen LogP contribution in [0.1, 0.15) is 16.8 Å². The zero-order valence-corrected chi connectivity index (χ0v) is 10.4. The van der Waals surface area contributed by atoms with Crippen molar-refractivity contribution < 1.29 is 4.79 Å². The molecule has 0 heterocycles. The Bertz CT molecular complexity index is 328. The van der Waals surface area contributed by atoms with Gasteiger partial charge in [-0.3, -0.25) is 4.79 Å². The van der Waals surface area contributed by atoms with E-state index in [0.29, 0.717) is 5.56 Å². The third-order valence-electron chi connectivity index (χ3n) is 1.92. The minimum absolute atomic E-state index is 0.0213. The molecule has 0 radical (unpaired) electrons. The van der Waals surface area contributed by atoms with E-state index < -0.39 is 0 Å². The highest BCUT2D eigenvalue weighted by atomic mass is 32.2. The number of hydrogen-bond acceptors (Lipinski definition) is 3. The van der Waals surface area contributed by atoms with E-state index in [9.17, 15) is 4.79 Å². The molecule has 1 aromatic rings. The number of hydrogen-bond donors (Lipinski definition) is 2. The molecule has 4 heteroatoms. The van der Waals surface area contributed by atoms with Crippen LogP contribution in [0.15, 0.2) is 29.2 Å². The molecule has 1 rings (SSSR count). The van der Waals surface area contributed by atoms with Crippen LogP contribution in [0.25, 0.3) is 0 Å². The quantitative estimate of drug-likeness (QED) is 0.612. The highest BCUT2D eigenvalue weighted by molar-refractivity contribution is 7.98. The van der Waals surface area contributed by atoms with Crippen LogP contribution in [0.5, 0.6) is 0 Å². The van der Waals surface area contributed by atoms with Crippen LogP contribution in [-0.4, -0.2) is 24.5 Å². The topological polar surface area (TPSA) is 29.1 Å². The number of thioether (sulfide) groups is 1. The molecule has 0 fully saturated rings. The van der Waals surface area contributed by atoms with Crippen molar-refractivity contribution in [3.63, 3.8) is 0 Å².